The summed E-state index contributed by atoms with van der Waals surface area (Å²) >= 11 is 0. The molecule has 0 bridgehead atoms. The summed E-state index contributed by atoms with van der Waals surface area (Å²) in [6, 6.07) is 7.80. The third-order valence-corrected chi connectivity index (χ3v) is 3.72. The van der Waals surface area contributed by atoms with Gasteiger partial charge in [0.05, 0.1) is 0 Å². The zero-order valence-corrected chi connectivity index (χ0v) is 11.2. The molecule has 1 atom stereocenters. The monoisotopic (exact) mass is 248 g/mol. The SMILES string of the molecule is CC(NCCN1CCCCC1)c1ccc(O)cc1. The summed E-state index contributed by atoms with van der Waals surface area (Å²) in [6.07, 6.45) is 4.11. The van der Waals surface area contributed by atoms with Crippen LogP contribution >= 0.6 is 0 Å². The van der Waals surface area contributed by atoms with Crippen LogP contribution in [0.4, 0.5) is 0 Å². The minimum absolute atomic E-state index is 0.333. The van der Waals surface area contributed by atoms with Crippen molar-refractivity contribution < 1.29 is 5.11 Å². The van der Waals surface area contributed by atoms with Gasteiger partial charge < -0.3 is 15.3 Å². The number of phenolic OH excluding ortho intramolecular Hbond substituents is 1. The van der Waals surface area contributed by atoms with Gasteiger partial charge in [0.25, 0.3) is 0 Å². The number of aromatic hydroxyl groups is 1. The molecule has 2 N–H and O–H groups in total. The van der Waals surface area contributed by atoms with Gasteiger partial charge in [-0.25, -0.2) is 0 Å². The van der Waals surface area contributed by atoms with Crippen LogP contribution in [0.5, 0.6) is 5.75 Å². The lowest BCUT2D eigenvalue weighted by Crippen LogP contribution is -2.36. The highest BCUT2D eigenvalue weighted by Gasteiger charge is 2.10. The third kappa shape index (κ3) is 4.00. The smallest absolute Gasteiger partial charge is 0.115 e. The lowest BCUT2D eigenvalue weighted by atomic mass is 10.1. The van der Waals surface area contributed by atoms with E-state index in [-0.39, 0.29) is 0 Å². The lowest BCUT2D eigenvalue weighted by Gasteiger charge is -2.27. The summed E-state index contributed by atoms with van der Waals surface area (Å²) in [5.41, 5.74) is 1.23. The molecule has 1 fully saturated rings. The molecule has 0 radical (unpaired) electrons. The summed E-state index contributed by atoms with van der Waals surface area (Å²) in [5, 5.41) is 12.8. The van der Waals surface area contributed by atoms with E-state index < -0.39 is 0 Å². The average Bonchev–Trinajstić information content (AvgIpc) is 2.40. The maximum Gasteiger partial charge on any atom is 0.115 e. The Balaban J connectivity index is 1.70. The van der Waals surface area contributed by atoms with Crippen LogP contribution in [0, 0.1) is 0 Å². The van der Waals surface area contributed by atoms with Crippen molar-refractivity contribution in [1.82, 2.24) is 10.2 Å². The van der Waals surface area contributed by atoms with E-state index in [2.05, 4.69) is 17.1 Å². The van der Waals surface area contributed by atoms with Crippen LogP contribution < -0.4 is 5.32 Å². The highest BCUT2D eigenvalue weighted by Crippen LogP contribution is 2.16. The van der Waals surface area contributed by atoms with Gasteiger partial charge in [0.2, 0.25) is 0 Å². The number of phenols is 1. The van der Waals surface area contributed by atoms with Gasteiger partial charge in [0.1, 0.15) is 5.75 Å². The van der Waals surface area contributed by atoms with Gasteiger partial charge in [0, 0.05) is 19.1 Å². The molecule has 1 aliphatic heterocycles. The highest BCUT2D eigenvalue weighted by atomic mass is 16.3. The molecule has 0 amide bonds. The Morgan fingerprint density at radius 3 is 2.50 bits per heavy atom. The first-order valence-corrected chi connectivity index (χ1v) is 7.00. The predicted molar refractivity (Wildman–Crippen MR) is 74.8 cm³/mol. The second-order valence-electron chi connectivity index (χ2n) is 5.17. The molecule has 18 heavy (non-hydrogen) atoms. The van der Waals surface area contributed by atoms with E-state index in [1.165, 1.54) is 37.9 Å². The minimum Gasteiger partial charge on any atom is -0.508 e. The molecule has 100 valence electrons. The van der Waals surface area contributed by atoms with E-state index >= 15 is 0 Å². The molecule has 0 saturated carbocycles. The van der Waals surface area contributed by atoms with Crippen molar-refractivity contribution >= 4 is 0 Å². The molecular weight excluding hydrogens is 224 g/mol. The predicted octanol–water partition coefficient (Wildman–Crippen LogP) is 2.53. The molecule has 1 heterocycles. The molecule has 1 saturated heterocycles. The van der Waals surface area contributed by atoms with Crippen molar-refractivity contribution in [2.75, 3.05) is 26.2 Å². The Hall–Kier alpha value is -1.06. The Morgan fingerprint density at radius 2 is 1.83 bits per heavy atom. The van der Waals surface area contributed by atoms with Gasteiger partial charge in [-0.1, -0.05) is 18.6 Å². The van der Waals surface area contributed by atoms with Gasteiger partial charge >= 0.3 is 0 Å². The van der Waals surface area contributed by atoms with E-state index in [4.69, 9.17) is 0 Å². The Morgan fingerprint density at radius 1 is 1.17 bits per heavy atom. The fraction of sp³-hybridized carbons (Fsp3) is 0.600. The number of likely N-dealkylation sites (tertiary alicyclic amines) is 1. The number of benzene rings is 1. The first-order valence-electron chi connectivity index (χ1n) is 7.00. The van der Waals surface area contributed by atoms with Crippen LogP contribution in [0.1, 0.15) is 37.8 Å². The second kappa shape index (κ2) is 6.76. The van der Waals surface area contributed by atoms with Crippen molar-refractivity contribution in [2.24, 2.45) is 0 Å². The first-order chi connectivity index (χ1) is 8.75. The first kappa shape index (κ1) is 13.4. The maximum absolute atomic E-state index is 9.26. The van der Waals surface area contributed by atoms with Gasteiger partial charge in [-0.2, -0.15) is 0 Å². The average molecular weight is 248 g/mol. The number of piperidine rings is 1. The van der Waals surface area contributed by atoms with Crippen molar-refractivity contribution in [3.63, 3.8) is 0 Å². The summed E-state index contributed by atoms with van der Waals surface area (Å²) in [7, 11) is 0. The van der Waals surface area contributed by atoms with Gasteiger partial charge in [-0.05, 0) is 50.6 Å². The summed E-state index contributed by atoms with van der Waals surface area (Å²) < 4.78 is 0. The molecule has 0 spiro atoms. The van der Waals surface area contributed by atoms with Crippen LogP contribution in [0.25, 0.3) is 0 Å². The molecule has 3 nitrogen and oxygen atoms in total. The molecule has 1 aliphatic rings. The van der Waals surface area contributed by atoms with Crippen molar-refractivity contribution in [3.8, 4) is 5.75 Å². The maximum atomic E-state index is 9.26. The van der Waals surface area contributed by atoms with Crippen molar-refractivity contribution in [3.05, 3.63) is 29.8 Å². The van der Waals surface area contributed by atoms with Crippen molar-refractivity contribution in [2.45, 2.75) is 32.2 Å². The summed E-state index contributed by atoms with van der Waals surface area (Å²) in [5.74, 6) is 0.333. The Labute approximate surface area is 110 Å². The van der Waals surface area contributed by atoms with Gasteiger partial charge in [-0.3, -0.25) is 0 Å². The van der Waals surface area contributed by atoms with Gasteiger partial charge in [0.15, 0.2) is 0 Å². The molecule has 0 aromatic heterocycles. The number of nitrogens with zero attached hydrogens (tertiary/aromatic N) is 1. The van der Waals surface area contributed by atoms with Crippen LogP contribution in [0.3, 0.4) is 0 Å². The molecule has 0 aliphatic carbocycles. The third-order valence-electron chi connectivity index (χ3n) is 3.72. The molecule has 1 aromatic rings. The van der Waals surface area contributed by atoms with Crippen LogP contribution in [-0.4, -0.2) is 36.2 Å². The minimum atomic E-state index is 0.333. The number of hydrogen-bond acceptors (Lipinski definition) is 3. The normalized spacial score (nSPS) is 18.7. The standard InChI is InChI=1S/C15H24N2O/c1-13(14-5-7-15(18)8-6-14)16-9-12-17-10-3-2-4-11-17/h5-8,13,16,18H,2-4,9-12H2,1H3. The van der Waals surface area contributed by atoms with E-state index in [1.807, 2.05) is 12.1 Å². The summed E-state index contributed by atoms with van der Waals surface area (Å²) in [4.78, 5) is 2.54. The fourth-order valence-electron chi connectivity index (χ4n) is 2.50. The Bertz CT molecular complexity index is 344. The van der Waals surface area contributed by atoms with Crippen LogP contribution in [0.2, 0.25) is 0 Å². The number of rotatable bonds is 5. The molecular formula is C15H24N2O. The van der Waals surface area contributed by atoms with Crippen molar-refractivity contribution in [1.29, 1.82) is 0 Å². The lowest BCUT2D eigenvalue weighted by molar-refractivity contribution is 0.227. The zero-order valence-electron chi connectivity index (χ0n) is 11.2. The summed E-state index contributed by atoms with van der Waals surface area (Å²) in [6.45, 7) is 6.86. The largest absolute Gasteiger partial charge is 0.508 e. The number of nitrogens with one attached hydrogen (secondary N) is 1. The molecule has 2 rings (SSSR count). The topological polar surface area (TPSA) is 35.5 Å². The van der Waals surface area contributed by atoms with E-state index in [0.717, 1.165) is 13.1 Å². The van der Waals surface area contributed by atoms with E-state index in [9.17, 15) is 5.11 Å². The quantitative estimate of drug-likeness (QED) is 0.840. The zero-order chi connectivity index (χ0) is 12.8. The number of hydrogen-bond donors (Lipinski definition) is 2. The molecule has 1 aromatic carbocycles. The fourth-order valence-corrected chi connectivity index (χ4v) is 2.50. The molecule has 1 unspecified atom stereocenters. The molecule has 3 heteroatoms. The van der Waals surface area contributed by atoms with E-state index in [0.29, 0.717) is 11.8 Å². The highest BCUT2D eigenvalue weighted by molar-refractivity contribution is 5.27. The van der Waals surface area contributed by atoms with Crippen LogP contribution in [0.15, 0.2) is 24.3 Å². The second-order valence-corrected chi connectivity index (χ2v) is 5.17. The van der Waals surface area contributed by atoms with Gasteiger partial charge in [-0.15, -0.1) is 0 Å². The van der Waals surface area contributed by atoms with E-state index in [1.54, 1.807) is 12.1 Å². The Kier molecular flexibility index (Phi) is 5.02. The van der Waals surface area contributed by atoms with Crippen LogP contribution in [-0.2, 0) is 0 Å².